The van der Waals surface area contributed by atoms with E-state index < -0.39 is 11.9 Å². The predicted octanol–water partition coefficient (Wildman–Crippen LogP) is 3.53. The Labute approximate surface area is 178 Å². The van der Waals surface area contributed by atoms with Gasteiger partial charge in [0.1, 0.15) is 18.1 Å². The number of nitrogens with one attached hydrogen (secondary N) is 1. The Kier molecular flexibility index (Phi) is 7.69. The lowest BCUT2D eigenvalue weighted by Gasteiger charge is -2.07. The van der Waals surface area contributed by atoms with Gasteiger partial charge in [0.2, 0.25) is 5.82 Å². The van der Waals surface area contributed by atoms with Gasteiger partial charge in [-0.3, -0.25) is 9.59 Å². The van der Waals surface area contributed by atoms with Gasteiger partial charge >= 0.3 is 5.97 Å². The lowest BCUT2D eigenvalue weighted by Crippen LogP contribution is -2.30. The zero-order valence-corrected chi connectivity index (χ0v) is 17.0. The van der Waals surface area contributed by atoms with Gasteiger partial charge in [-0.05, 0) is 55.0 Å². The number of halogens is 1. The van der Waals surface area contributed by atoms with E-state index in [1.807, 2.05) is 0 Å². The molecule has 3 aromatic rings. The maximum atomic E-state index is 13.0. The summed E-state index contributed by atoms with van der Waals surface area (Å²) < 4.78 is 28.6. The summed E-state index contributed by atoms with van der Waals surface area (Å²) in [6.07, 6.45) is 2.00. The van der Waals surface area contributed by atoms with E-state index >= 15 is 0 Å². The van der Waals surface area contributed by atoms with Crippen molar-refractivity contribution >= 4 is 11.9 Å². The van der Waals surface area contributed by atoms with Crippen LogP contribution >= 0.6 is 0 Å². The van der Waals surface area contributed by atoms with E-state index in [4.69, 9.17) is 14.0 Å². The summed E-state index contributed by atoms with van der Waals surface area (Å²) in [5.41, 5.74) is 0.966. The quantitative estimate of drug-likeness (QED) is 0.390. The average Bonchev–Trinajstić information content (AvgIpc) is 3.26. The average molecular weight is 427 g/mol. The maximum absolute atomic E-state index is 13.0. The van der Waals surface area contributed by atoms with Crippen LogP contribution in [0.3, 0.4) is 0 Å². The highest BCUT2D eigenvalue weighted by atomic mass is 19.1. The number of amides is 1. The summed E-state index contributed by atoms with van der Waals surface area (Å²) in [5.74, 6) is -0.425. The smallest absolute Gasteiger partial charge is 0.325 e. The van der Waals surface area contributed by atoms with Crippen LogP contribution in [0.2, 0.25) is 0 Å². The number of hydrogen-bond donors (Lipinski definition) is 1. The molecule has 0 unspecified atom stereocenters. The van der Waals surface area contributed by atoms with E-state index in [9.17, 15) is 14.0 Å². The fourth-order valence-corrected chi connectivity index (χ4v) is 2.51. The van der Waals surface area contributed by atoms with E-state index in [2.05, 4.69) is 22.4 Å². The van der Waals surface area contributed by atoms with Crippen LogP contribution in [0.4, 0.5) is 4.39 Å². The van der Waals surface area contributed by atoms with Gasteiger partial charge in [-0.2, -0.15) is 4.98 Å². The van der Waals surface area contributed by atoms with Gasteiger partial charge in [-0.25, -0.2) is 4.39 Å². The van der Waals surface area contributed by atoms with Crippen molar-refractivity contribution in [2.24, 2.45) is 0 Å². The minimum atomic E-state index is -0.658. The third kappa shape index (κ3) is 6.63. The molecule has 31 heavy (non-hydrogen) atoms. The Hall–Kier alpha value is -3.75. The molecule has 1 heterocycles. The number of aromatic nitrogens is 2. The Bertz CT molecular complexity index is 1000. The molecule has 1 amide bonds. The first-order chi connectivity index (χ1) is 15.0. The number of hydrogen-bond acceptors (Lipinski definition) is 7. The Morgan fingerprint density at radius 2 is 1.84 bits per heavy atom. The number of carbonyl (C=O) groups excluding carboxylic acids is 2. The SMILES string of the molecule is CCCCOc1ccc(C(=O)NCC(=O)OCc2nc(-c3ccc(F)cc3)no2)cc1. The maximum Gasteiger partial charge on any atom is 0.325 e. The zero-order chi connectivity index (χ0) is 22.1. The van der Waals surface area contributed by atoms with Crippen molar-refractivity contribution in [2.75, 3.05) is 13.2 Å². The molecular weight excluding hydrogens is 405 g/mol. The second-order valence-corrected chi connectivity index (χ2v) is 6.59. The monoisotopic (exact) mass is 427 g/mol. The van der Waals surface area contributed by atoms with Gasteiger partial charge in [0.05, 0.1) is 6.61 Å². The molecule has 0 atom stereocenters. The molecule has 0 aliphatic carbocycles. The standard InChI is InChI=1S/C22H22FN3O5/c1-2-3-12-29-18-10-6-16(7-11-18)22(28)24-13-20(27)30-14-19-25-21(26-31-19)15-4-8-17(23)9-5-15/h4-11H,2-3,12-14H2,1H3,(H,24,28). The van der Waals surface area contributed by atoms with Crippen molar-refractivity contribution in [3.8, 4) is 17.1 Å². The van der Waals surface area contributed by atoms with Crippen LogP contribution in [0, 0.1) is 5.82 Å². The van der Waals surface area contributed by atoms with Gasteiger partial charge < -0.3 is 19.3 Å². The normalized spacial score (nSPS) is 10.5. The van der Waals surface area contributed by atoms with Crippen LogP contribution < -0.4 is 10.1 Å². The summed E-state index contributed by atoms with van der Waals surface area (Å²) in [7, 11) is 0. The molecule has 1 aromatic heterocycles. The molecule has 0 spiro atoms. The molecule has 0 saturated heterocycles. The molecule has 0 aliphatic rings. The minimum Gasteiger partial charge on any atom is -0.494 e. The number of unbranched alkanes of at least 4 members (excludes halogenated alkanes) is 1. The van der Waals surface area contributed by atoms with Crippen molar-refractivity contribution < 1.29 is 28.0 Å². The zero-order valence-electron chi connectivity index (χ0n) is 17.0. The highest BCUT2D eigenvalue weighted by Gasteiger charge is 2.13. The third-order valence-electron chi connectivity index (χ3n) is 4.20. The molecule has 1 N–H and O–H groups in total. The molecular formula is C22H22FN3O5. The van der Waals surface area contributed by atoms with Crippen molar-refractivity contribution in [3.63, 3.8) is 0 Å². The number of nitrogens with zero attached hydrogens (tertiary/aromatic N) is 2. The number of benzene rings is 2. The van der Waals surface area contributed by atoms with Crippen molar-refractivity contribution in [1.82, 2.24) is 15.5 Å². The first-order valence-electron chi connectivity index (χ1n) is 9.80. The number of rotatable bonds is 10. The second-order valence-electron chi connectivity index (χ2n) is 6.59. The van der Waals surface area contributed by atoms with E-state index in [-0.39, 0.29) is 30.7 Å². The molecule has 8 nitrogen and oxygen atoms in total. The molecule has 3 rings (SSSR count). The van der Waals surface area contributed by atoms with Crippen molar-refractivity contribution in [3.05, 3.63) is 65.8 Å². The van der Waals surface area contributed by atoms with Crippen LogP contribution in [0.15, 0.2) is 53.1 Å². The summed E-state index contributed by atoms with van der Waals surface area (Å²) in [6, 6.07) is 12.2. The van der Waals surface area contributed by atoms with Crippen LogP contribution in [0.5, 0.6) is 5.75 Å². The van der Waals surface area contributed by atoms with Gasteiger partial charge in [0.15, 0.2) is 6.61 Å². The van der Waals surface area contributed by atoms with E-state index in [1.165, 1.54) is 24.3 Å². The van der Waals surface area contributed by atoms with E-state index in [0.717, 1.165) is 12.8 Å². The largest absolute Gasteiger partial charge is 0.494 e. The predicted molar refractivity (Wildman–Crippen MR) is 109 cm³/mol. The molecule has 0 radical (unpaired) electrons. The van der Waals surface area contributed by atoms with Gasteiger partial charge in [-0.15, -0.1) is 0 Å². The number of ether oxygens (including phenoxy) is 2. The fourth-order valence-electron chi connectivity index (χ4n) is 2.51. The summed E-state index contributed by atoms with van der Waals surface area (Å²) in [6.45, 7) is 2.15. The van der Waals surface area contributed by atoms with Crippen molar-refractivity contribution in [1.29, 1.82) is 0 Å². The molecule has 9 heteroatoms. The summed E-state index contributed by atoms with van der Waals surface area (Å²) >= 11 is 0. The first kappa shape index (κ1) is 21.9. The number of carbonyl (C=O) groups is 2. The van der Waals surface area contributed by atoms with Crippen LogP contribution in [0.25, 0.3) is 11.4 Å². The Balaban J connectivity index is 1.42. The molecule has 0 bridgehead atoms. The molecule has 0 aliphatic heterocycles. The van der Waals surface area contributed by atoms with Gasteiger partial charge in [-0.1, -0.05) is 18.5 Å². The van der Waals surface area contributed by atoms with Crippen LogP contribution in [-0.2, 0) is 16.1 Å². The molecule has 0 saturated carbocycles. The lowest BCUT2D eigenvalue weighted by molar-refractivity contribution is -0.144. The fraction of sp³-hybridized carbons (Fsp3) is 0.273. The second kappa shape index (κ2) is 10.9. The van der Waals surface area contributed by atoms with Gasteiger partial charge in [0.25, 0.3) is 11.8 Å². The van der Waals surface area contributed by atoms with E-state index in [0.29, 0.717) is 23.5 Å². The summed E-state index contributed by atoms with van der Waals surface area (Å²) in [5, 5.41) is 6.25. The Morgan fingerprint density at radius 3 is 2.55 bits per heavy atom. The third-order valence-corrected chi connectivity index (χ3v) is 4.20. The highest BCUT2D eigenvalue weighted by molar-refractivity contribution is 5.96. The summed E-state index contributed by atoms with van der Waals surface area (Å²) in [4.78, 5) is 28.1. The molecule has 162 valence electrons. The molecule has 2 aromatic carbocycles. The van der Waals surface area contributed by atoms with Gasteiger partial charge in [0, 0.05) is 11.1 Å². The first-order valence-corrected chi connectivity index (χ1v) is 9.80. The topological polar surface area (TPSA) is 104 Å². The minimum absolute atomic E-state index is 0.0812. The van der Waals surface area contributed by atoms with E-state index in [1.54, 1.807) is 24.3 Å². The molecule has 0 fully saturated rings. The lowest BCUT2D eigenvalue weighted by atomic mass is 10.2. The van der Waals surface area contributed by atoms with Crippen molar-refractivity contribution in [2.45, 2.75) is 26.4 Å². The van der Waals surface area contributed by atoms with Crippen LogP contribution in [0.1, 0.15) is 36.0 Å². The number of esters is 1. The van der Waals surface area contributed by atoms with Crippen LogP contribution in [-0.4, -0.2) is 35.2 Å². The highest BCUT2D eigenvalue weighted by Crippen LogP contribution is 2.16. The Morgan fingerprint density at radius 1 is 1.10 bits per heavy atom.